The van der Waals surface area contributed by atoms with Gasteiger partial charge in [-0.05, 0) is 36.4 Å². The van der Waals surface area contributed by atoms with Gasteiger partial charge in [0.15, 0.2) is 6.61 Å². The SMILES string of the molecule is NC(=O)c1ccc(NC(=O)COC(=O)CCSc2ccccc2)cc1. The number of rotatable bonds is 8. The van der Waals surface area contributed by atoms with Gasteiger partial charge in [-0.2, -0.15) is 0 Å². The molecule has 2 aromatic rings. The fourth-order valence-electron chi connectivity index (χ4n) is 1.90. The minimum absolute atomic E-state index is 0.222. The van der Waals surface area contributed by atoms with Gasteiger partial charge in [0.1, 0.15) is 0 Å². The highest BCUT2D eigenvalue weighted by atomic mass is 32.2. The molecule has 0 saturated carbocycles. The first kappa shape index (κ1) is 18.5. The number of amides is 2. The Balaban J connectivity index is 1.66. The lowest BCUT2D eigenvalue weighted by molar-refractivity contribution is -0.146. The summed E-state index contributed by atoms with van der Waals surface area (Å²) in [5, 5.41) is 2.57. The van der Waals surface area contributed by atoms with E-state index in [1.807, 2.05) is 30.3 Å². The zero-order chi connectivity index (χ0) is 18.1. The van der Waals surface area contributed by atoms with Crippen molar-refractivity contribution in [2.24, 2.45) is 5.73 Å². The number of ether oxygens (including phenoxy) is 1. The van der Waals surface area contributed by atoms with Crippen molar-refractivity contribution < 1.29 is 19.1 Å². The van der Waals surface area contributed by atoms with Crippen LogP contribution in [0.15, 0.2) is 59.5 Å². The van der Waals surface area contributed by atoms with E-state index in [0.29, 0.717) is 17.0 Å². The van der Waals surface area contributed by atoms with Gasteiger partial charge >= 0.3 is 5.97 Å². The normalized spacial score (nSPS) is 10.1. The van der Waals surface area contributed by atoms with E-state index in [1.54, 1.807) is 23.9 Å². The highest BCUT2D eigenvalue weighted by molar-refractivity contribution is 7.99. The van der Waals surface area contributed by atoms with Gasteiger partial charge in [0, 0.05) is 21.9 Å². The van der Waals surface area contributed by atoms with E-state index in [1.165, 1.54) is 12.1 Å². The first-order valence-corrected chi connectivity index (χ1v) is 8.56. The molecule has 3 N–H and O–H groups in total. The molecular weight excluding hydrogens is 340 g/mol. The van der Waals surface area contributed by atoms with Crippen molar-refractivity contribution in [2.75, 3.05) is 17.7 Å². The number of anilines is 1. The molecule has 6 nitrogen and oxygen atoms in total. The Kier molecular flexibility index (Phi) is 7.03. The van der Waals surface area contributed by atoms with E-state index in [9.17, 15) is 14.4 Å². The summed E-state index contributed by atoms with van der Waals surface area (Å²) >= 11 is 1.55. The second kappa shape index (κ2) is 9.48. The lowest BCUT2D eigenvalue weighted by Gasteiger charge is -2.07. The summed E-state index contributed by atoms with van der Waals surface area (Å²) in [7, 11) is 0. The minimum atomic E-state index is -0.542. The van der Waals surface area contributed by atoms with Crippen LogP contribution < -0.4 is 11.1 Å². The number of hydrogen-bond acceptors (Lipinski definition) is 5. The predicted octanol–water partition coefficient (Wildman–Crippen LogP) is 2.45. The highest BCUT2D eigenvalue weighted by Crippen LogP contribution is 2.17. The van der Waals surface area contributed by atoms with E-state index in [2.05, 4.69) is 5.32 Å². The lowest BCUT2D eigenvalue weighted by Crippen LogP contribution is -2.21. The molecule has 0 radical (unpaired) electrons. The molecule has 0 unspecified atom stereocenters. The molecule has 0 aliphatic carbocycles. The largest absolute Gasteiger partial charge is 0.456 e. The predicted molar refractivity (Wildman–Crippen MR) is 96.3 cm³/mol. The average Bonchev–Trinajstić information content (AvgIpc) is 2.61. The van der Waals surface area contributed by atoms with Crippen molar-refractivity contribution in [2.45, 2.75) is 11.3 Å². The highest BCUT2D eigenvalue weighted by Gasteiger charge is 2.09. The third-order valence-corrected chi connectivity index (χ3v) is 4.15. The number of carbonyl (C=O) groups excluding carboxylic acids is 3. The van der Waals surface area contributed by atoms with Gasteiger partial charge in [-0.1, -0.05) is 18.2 Å². The van der Waals surface area contributed by atoms with Crippen molar-refractivity contribution in [1.29, 1.82) is 0 Å². The van der Waals surface area contributed by atoms with E-state index in [0.717, 1.165) is 4.90 Å². The smallest absolute Gasteiger partial charge is 0.307 e. The van der Waals surface area contributed by atoms with Gasteiger partial charge < -0.3 is 15.8 Å². The first-order valence-electron chi connectivity index (χ1n) is 7.58. The van der Waals surface area contributed by atoms with Gasteiger partial charge in [-0.15, -0.1) is 11.8 Å². The maximum atomic E-state index is 11.7. The number of thioether (sulfide) groups is 1. The molecule has 2 amide bonds. The molecule has 0 atom stereocenters. The lowest BCUT2D eigenvalue weighted by atomic mass is 10.2. The molecule has 25 heavy (non-hydrogen) atoms. The van der Waals surface area contributed by atoms with E-state index < -0.39 is 17.8 Å². The van der Waals surface area contributed by atoms with Crippen molar-refractivity contribution in [3.05, 3.63) is 60.2 Å². The van der Waals surface area contributed by atoms with Crippen LogP contribution in [0, 0.1) is 0 Å². The Morgan fingerprint density at radius 1 is 1.00 bits per heavy atom. The maximum absolute atomic E-state index is 11.7. The fourth-order valence-corrected chi connectivity index (χ4v) is 2.76. The fraction of sp³-hybridized carbons (Fsp3) is 0.167. The van der Waals surface area contributed by atoms with E-state index >= 15 is 0 Å². The molecule has 0 fully saturated rings. The van der Waals surface area contributed by atoms with Crippen molar-refractivity contribution in [3.63, 3.8) is 0 Å². The Hall–Kier alpha value is -2.80. The maximum Gasteiger partial charge on any atom is 0.307 e. The van der Waals surface area contributed by atoms with Gasteiger partial charge in [-0.3, -0.25) is 14.4 Å². The zero-order valence-corrected chi connectivity index (χ0v) is 14.3. The van der Waals surface area contributed by atoms with E-state index in [4.69, 9.17) is 10.5 Å². The molecular formula is C18H18N2O4S. The monoisotopic (exact) mass is 358 g/mol. The van der Waals surface area contributed by atoms with Crippen LogP contribution in [0.2, 0.25) is 0 Å². The Labute approximate surface area is 149 Å². The van der Waals surface area contributed by atoms with Crippen LogP contribution in [0.1, 0.15) is 16.8 Å². The summed E-state index contributed by atoms with van der Waals surface area (Å²) in [6, 6.07) is 15.8. The molecule has 2 aromatic carbocycles. The van der Waals surface area contributed by atoms with Crippen LogP contribution in [0.3, 0.4) is 0 Å². The van der Waals surface area contributed by atoms with Gasteiger partial charge in [0.05, 0.1) is 6.42 Å². The van der Waals surface area contributed by atoms with Crippen molar-refractivity contribution in [3.8, 4) is 0 Å². The second-order valence-corrected chi connectivity index (χ2v) is 6.23. The number of hydrogen-bond donors (Lipinski definition) is 2. The quantitative estimate of drug-likeness (QED) is 0.558. The zero-order valence-electron chi connectivity index (χ0n) is 13.4. The van der Waals surface area contributed by atoms with Crippen molar-refractivity contribution >= 4 is 35.2 Å². The molecule has 0 aliphatic rings. The first-order chi connectivity index (χ1) is 12.0. The van der Waals surface area contributed by atoms with Gasteiger partial charge in [0.25, 0.3) is 5.91 Å². The molecule has 0 bridgehead atoms. The number of carbonyl (C=O) groups is 3. The molecule has 7 heteroatoms. The number of primary amides is 1. The van der Waals surface area contributed by atoms with Gasteiger partial charge in [-0.25, -0.2) is 0 Å². The molecule has 0 saturated heterocycles. The van der Waals surface area contributed by atoms with Crippen molar-refractivity contribution in [1.82, 2.24) is 0 Å². The van der Waals surface area contributed by atoms with E-state index in [-0.39, 0.29) is 13.0 Å². The Morgan fingerprint density at radius 3 is 2.32 bits per heavy atom. The molecule has 0 heterocycles. The van der Waals surface area contributed by atoms with Crippen LogP contribution in [0.4, 0.5) is 5.69 Å². The average molecular weight is 358 g/mol. The number of esters is 1. The molecule has 0 aromatic heterocycles. The molecule has 130 valence electrons. The van der Waals surface area contributed by atoms with Gasteiger partial charge in [0.2, 0.25) is 5.91 Å². The summed E-state index contributed by atoms with van der Waals surface area (Å²) in [5.41, 5.74) is 5.98. The third-order valence-electron chi connectivity index (χ3n) is 3.14. The van der Waals surface area contributed by atoms with Crippen LogP contribution in [0.25, 0.3) is 0 Å². The topological polar surface area (TPSA) is 98.5 Å². The Bertz CT molecular complexity index is 733. The van der Waals surface area contributed by atoms with Crippen LogP contribution in [-0.4, -0.2) is 30.1 Å². The number of nitrogens with one attached hydrogen (secondary N) is 1. The summed E-state index contributed by atoms with van der Waals surface area (Å²) in [6.45, 7) is -0.355. The summed E-state index contributed by atoms with van der Waals surface area (Å²) < 4.78 is 4.94. The number of benzene rings is 2. The summed E-state index contributed by atoms with van der Waals surface area (Å²) in [4.78, 5) is 35.4. The molecule has 0 spiro atoms. The third kappa shape index (κ3) is 6.68. The summed E-state index contributed by atoms with van der Waals surface area (Å²) in [6.07, 6.45) is 0.222. The number of nitrogens with two attached hydrogens (primary N) is 1. The van der Waals surface area contributed by atoms with Crippen LogP contribution in [-0.2, 0) is 14.3 Å². The van der Waals surface area contributed by atoms with Crippen LogP contribution in [0.5, 0.6) is 0 Å². The van der Waals surface area contributed by atoms with Crippen LogP contribution >= 0.6 is 11.8 Å². The Morgan fingerprint density at radius 2 is 1.68 bits per heavy atom. The standard InChI is InChI=1S/C18H18N2O4S/c19-18(23)13-6-8-14(9-7-13)20-16(21)12-24-17(22)10-11-25-15-4-2-1-3-5-15/h1-9H,10-12H2,(H2,19,23)(H,20,21). The molecule has 0 aliphatic heterocycles. The minimum Gasteiger partial charge on any atom is -0.456 e. The second-order valence-electron chi connectivity index (χ2n) is 5.06. The summed E-state index contributed by atoms with van der Waals surface area (Å²) in [5.74, 6) is -0.835. The molecule has 2 rings (SSSR count).